The van der Waals surface area contributed by atoms with Gasteiger partial charge in [-0.3, -0.25) is 0 Å². The number of hydrogen-bond donors (Lipinski definition) is 1. The number of ether oxygens (including phenoxy) is 1. The Kier molecular flexibility index (Phi) is 4.87. The van der Waals surface area contributed by atoms with Gasteiger partial charge in [0.1, 0.15) is 0 Å². The van der Waals surface area contributed by atoms with E-state index in [0.29, 0.717) is 18.2 Å². The summed E-state index contributed by atoms with van der Waals surface area (Å²) in [7, 11) is 0. The van der Waals surface area contributed by atoms with Gasteiger partial charge in [-0.2, -0.15) is 0 Å². The van der Waals surface area contributed by atoms with Gasteiger partial charge in [0.25, 0.3) is 0 Å². The maximum absolute atomic E-state index is 6.01. The summed E-state index contributed by atoms with van der Waals surface area (Å²) >= 11 is 0. The van der Waals surface area contributed by atoms with E-state index in [1.165, 1.54) is 38.5 Å². The quantitative estimate of drug-likeness (QED) is 0.735. The number of hydrogen-bond acceptors (Lipinski definition) is 2. The Hall–Kier alpha value is -0.0800. The predicted octanol–water partition coefficient (Wildman–Crippen LogP) is 3.36. The highest BCUT2D eigenvalue weighted by Gasteiger charge is 2.43. The molecule has 0 aromatic carbocycles. The summed E-state index contributed by atoms with van der Waals surface area (Å²) < 4.78 is 6.01. The van der Waals surface area contributed by atoms with Crippen molar-refractivity contribution in [2.24, 2.45) is 11.8 Å². The second kappa shape index (κ2) is 6.19. The molecule has 0 aromatic heterocycles. The van der Waals surface area contributed by atoms with Crippen LogP contribution in [0.1, 0.15) is 59.3 Å². The van der Waals surface area contributed by atoms with Gasteiger partial charge in [0, 0.05) is 12.0 Å². The van der Waals surface area contributed by atoms with Gasteiger partial charge < -0.3 is 10.1 Å². The molecular weight excluding hydrogens is 210 g/mol. The molecule has 0 spiro atoms. The van der Waals surface area contributed by atoms with Crippen molar-refractivity contribution in [1.82, 2.24) is 5.32 Å². The van der Waals surface area contributed by atoms with Crippen molar-refractivity contribution in [1.29, 1.82) is 0 Å². The van der Waals surface area contributed by atoms with Gasteiger partial charge in [0.15, 0.2) is 0 Å². The molecule has 2 rings (SSSR count). The van der Waals surface area contributed by atoms with E-state index in [1.807, 2.05) is 0 Å². The van der Waals surface area contributed by atoms with Crippen molar-refractivity contribution in [3.05, 3.63) is 0 Å². The molecule has 4 unspecified atom stereocenters. The molecule has 2 fully saturated rings. The Balaban J connectivity index is 1.85. The van der Waals surface area contributed by atoms with E-state index in [0.717, 1.165) is 18.4 Å². The van der Waals surface area contributed by atoms with E-state index < -0.39 is 0 Å². The fourth-order valence-corrected chi connectivity index (χ4v) is 3.41. The Labute approximate surface area is 107 Å². The zero-order valence-corrected chi connectivity index (χ0v) is 11.7. The van der Waals surface area contributed by atoms with Gasteiger partial charge in [-0.05, 0) is 51.0 Å². The molecule has 2 aliphatic rings. The molecule has 100 valence electrons. The van der Waals surface area contributed by atoms with Crippen LogP contribution in [0.25, 0.3) is 0 Å². The fourth-order valence-electron chi connectivity index (χ4n) is 3.41. The van der Waals surface area contributed by atoms with Crippen LogP contribution in [0.15, 0.2) is 0 Å². The highest BCUT2D eigenvalue weighted by molar-refractivity contribution is 4.95. The van der Waals surface area contributed by atoms with Gasteiger partial charge in [0.05, 0.1) is 12.2 Å². The summed E-state index contributed by atoms with van der Waals surface area (Å²) in [4.78, 5) is 0. The average Bonchev–Trinajstić information content (AvgIpc) is 2.90. The first-order valence-corrected chi connectivity index (χ1v) is 7.59. The summed E-state index contributed by atoms with van der Waals surface area (Å²) in [6.07, 6.45) is 9.00. The molecule has 0 aliphatic carbocycles. The van der Waals surface area contributed by atoms with Crippen molar-refractivity contribution in [3.8, 4) is 0 Å². The smallest absolute Gasteiger partial charge is 0.0623 e. The lowest BCUT2D eigenvalue weighted by Gasteiger charge is -2.30. The van der Waals surface area contributed by atoms with Gasteiger partial charge in [-0.15, -0.1) is 0 Å². The van der Waals surface area contributed by atoms with Crippen LogP contribution in [0.2, 0.25) is 0 Å². The van der Waals surface area contributed by atoms with E-state index in [2.05, 4.69) is 26.1 Å². The van der Waals surface area contributed by atoms with Crippen LogP contribution in [-0.4, -0.2) is 24.8 Å². The summed E-state index contributed by atoms with van der Waals surface area (Å²) in [5.41, 5.74) is 0. The molecule has 2 saturated heterocycles. The summed E-state index contributed by atoms with van der Waals surface area (Å²) in [5, 5.41) is 3.77. The minimum absolute atomic E-state index is 0.571. The second-order valence-electron chi connectivity index (χ2n) is 6.31. The molecule has 2 aliphatic heterocycles. The Morgan fingerprint density at radius 2 is 2.06 bits per heavy atom. The molecule has 0 amide bonds. The maximum atomic E-state index is 6.01. The zero-order chi connectivity index (χ0) is 12.3. The van der Waals surface area contributed by atoms with Crippen molar-refractivity contribution >= 4 is 0 Å². The monoisotopic (exact) mass is 239 g/mol. The molecule has 2 heteroatoms. The van der Waals surface area contributed by atoms with Gasteiger partial charge in [-0.1, -0.05) is 20.8 Å². The summed E-state index contributed by atoms with van der Waals surface area (Å²) in [6, 6.07) is 0.702. The lowest BCUT2D eigenvalue weighted by molar-refractivity contribution is 0.0844. The standard InChI is InChI=1S/C15H29NO/c1-4-9-16-14(7-5-11(2)3)13-10-12-6-8-15(13)17-12/h11-16H,4-10H2,1-3H3. The highest BCUT2D eigenvalue weighted by Crippen LogP contribution is 2.41. The van der Waals surface area contributed by atoms with Gasteiger partial charge in [0.2, 0.25) is 0 Å². The Bertz CT molecular complexity index is 229. The first kappa shape index (κ1) is 13.4. The third-order valence-electron chi connectivity index (χ3n) is 4.38. The molecule has 0 saturated carbocycles. The largest absolute Gasteiger partial charge is 0.375 e. The van der Waals surface area contributed by atoms with E-state index in [4.69, 9.17) is 4.74 Å². The third kappa shape index (κ3) is 3.45. The SMILES string of the molecule is CCCNC(CCC(C)C)C1CC2CCC1O2. The topological polar surface area (TPSA) is 21.3 Å². The molecule has 17 heavy (non-hydrogen) atoms. The highest BCUT2D eigenvalue weighted by atomic mass is 16.5. The lowest BCUT2D eigenvalue weighted by atomic mass is 9.81. The molecule has 2 nitrogen and oxygen atoms in total. The third-order valence-corrected chi connectivity index (χ3v) is 4.38. The number of nitrogens with one attached hydrogen (secondary N) is 1. The van der Waals surface area contributed by atoms with Gasteiger partial charge in [-0.25, -0.2) is 0 Å². The predicted molar refractivity (Wildman–Crippen MR) is 72.2 cm³/mol. The minimum atomic E-state index is 0.571. The summed E-state index contributed by atoms with van der Waals surface area (Å²) in [5.74, 6) is 1.61. The normalized spacial score (nSPS) is 33.5. The van der Waals surface area contributed by atoms with Crippen LogP contribution in [0.5, 0.6) is 0 Å². The zero-order valence-electron chi connectivity index (χ0n) is 11.7. The molecule has 1 N–H and O–H groups in total. The van der Waals surface area contributed by atoms with Gasteiger partial charge >= 0.3 is 0 Å². The minimum Gasteiger partial charge on any atom is -0.375 e. The lowest BCUT2D eigenvalue weighted by Crippen LogP contribution is -2.41. The Morgan fingerprint density at radius 3 is 2.59 bits per heavy atom. The number of fused-ring (bicyclic) bond motifs is 2. The average molecular weight is 239 g/mol. The van der Waals surface area contributed by atoms with Crippen LogP contribution in [0, 0.1) is 11.8 Å². The maximum Gasteiger partial charge on any atom is 0.0623 e. The fraction of sp³-hybridized carbons (Fsp3) is 1.00. The van der Waals surface area contributed by atoms with Crippen LogP contribution in [0.3, 0.4) is 0 Å². The molecule has 4 atom stereocenters. The molecule has 2 heterocycles. The van der Waals surface area contributed by atoms with E-state index in [1.54, 1.807) is 0 Å². The van der Waals surface area contributed by atoms with E-state index in [9.17, 15) is 0 Å². The molecule has 0 radical (unpaired) electrons. The Morgan fingerprint density at radius 1 is 1.24 bits per heavy atom. The molecular formula is C15H29NO. The van der Waals surface area contributed by atoms with Crippen molar-refractivity contribution in [2.45, 2.75) is 77.5 Å². The molecule has 2 bridgehead atoms. The van der Waals surface area contributed by atoms with Crippen LogP contribution >= 0.6 is 0 Å². The van der Waals surface area contributed by atoms with E-state index >= 15 is 0 Å². The van der Waals surface area contributed by atoms with Crippen molar-refractivity contribution in [2.75, 3.05) is 6.54 Å². The van der Waals surface area contributed by atoms with E-state index in [-0.39, 0.29) is 0 Å². The first-order valence-electron chi connectivity index (χ1n) is 7.59. The van der Waals surface area contributed by atoms with Crippen LogP contribution in [-0.2, 0) is 4.74 Å². The van der Waals surface area contributed by atoms with Crippen molar-refractivity contribution in [3.63, 3.8) is 0 Å². The van der Waals surface area contributed by atoms with Crippen LogP contribution < -0.4 is 5.32 Å². The number of rotatable bonds is 7. The second-order valence-corrected chi connectivity index (χ2v) is 6.31. The van der Waals surface area contributed by atoms with Crippen molar-refractivity contribution < 1.29 is 4.74 Å². The summed E-state index contributed by atoms with van der Waals surface area (Å²) in [6.45, 7) is 8.07. The van der Waals surface area contributed by atoms with Crippen LogP contribution in [0.4, 0.5) is 0 Å². The molecule has 0 aromatic rings. The first-order chi connectivity index (χ1) is 8.20.